The van der Waals surface area contributed by atoms with E-state index in [1.165, 1.54) is 49.8 Å². The van der Waals surface area contributed by atoms with E-state index in [9.17, 15) is 26.6 Å². The van der Waals surface area contributed by atoms with E-state index >= 15 is 0 Å². The molecule has 1 atom stereocenters. The lowest BCUT2D eigenvalue weighted by Crippen LogP contribution is -2.21. The fraction of sp³-hybridized carbons (Fsp3) is 0.292. The van der Waals surface area contributed by atoms with Crippen LogP contribution >= 0.6 is 0 Å². The maximum Gasteiger partial charge on any atom is 0.435 e. The molecule has 37 heavy (non-hydrogen) atoms. The van der Waals surface area contributed by atoms with Crippen LogP contribution in [0.3, 0.4) is 0 Å². The number of amides is 1. The summed E-state index contributed by atoms with van der Waals surface area (Å²) < 4.78 is 86.2. The van der Waals surface area contributed by atoms with Gasteiger partial charge in [-0.25, -0.2) is 13.4 Å². The number of aromatic nitrogens is 2. The Morgan fingerprint density at radius 1 is 1.19 bits per heavy atom. The summed E-state index contributed by atoms with van der Waals surface area (Å²) in [5.41, 5.74) is -2.05. The lowest BCUT2D eigenvalue weighted by molar-refractivity contribution is -0.142. The van der Waals surface area contributed by atoms with Gasteiger partial charge in [0.15, 0.2) is 23.0 Å². The van der Waals surface area contributed by atoms with E-state index in [4.69, 9.17) is 14.3 Å². The highest BCUT2D eigenvalue weighted by Crippen LogP contribution is 2.46. The molecule has 0 spiro atoms. The number of nitrogens with zero attached hydrogens (tertiary/aromatic N) is 2. The van der Waals surface area contributed by atoms with E-state index in [0.717, 1.165) is 19.8 Å². The Balaban J connectivity index is 1.77. The number of halogens is 4. The second-order valence-corrected chi connectivity index (χ2v) is 10.7. The lowest BCUT2D eigenvalue weighted by atomic mass is 10.1. The second kappa shape index (κ2) is 9.61. The highest BCUT2D eigenvalue weighted by molar-refractivity contribution is 7.91. The summed E-state index contributed by atoms with van der Waals surface area (Å²) >= 11 is 0. The molecule has 8 nitrogen and oxygen atoms in total. The number of nitrogens with one attached hydrogen (secondary N) is 2. The van der Waals surface area contributed by atoms with E-state index in [0.29, 0.717) is 5.56 Å². The standard InChI is InChI=1S/C24H22F4N4O4S/c1-12-18(22(33)30-14-5-4-6-15(11-14)37(3,29)34)23(32-31-21(12)24(26,27)28)36-17-10-9-16(13-7-8-13)19(25)20(17)35-2/h4-6,9-11,13,29H,7-8H2,1-3H3,(H,30,33). The molecule has 3 aromatic rings. The highest BCUT2D eigenvalue weighted by atomic mass is 32.2. The topological polar surface area (TPSA) is 114 Å². The van der Waals surface area contributed by atoms with Crippen LogP contribution in [-0.2, 0) is 15.9 Å². The fourth-order valence-corrected chi connectivity index (χ4v) is 4.45. The van der Waals surface area contributed by atoms with E-state index in [1.807, 2.05) is 0 Å². The van der Waals surface area contributed by atoms with Crippen molar-refractivity contribution in [3.05, 3.63) is 64.6 Å². The number of carbonyl (C=O) groups excluding carboxylic acids is 1. The monoisotopic (exact) mass is 538 g/mol. The van der Waals surface area contributed by atoms with E-state index in [1.54, 1.807) is 0 Å². The van der Waals surface area contributed by atoms with Gasteiger partial charge in [-0.1, -0.05) is 12.1 Å². The Morgan fingerprint density at radius 3 is 2.49 bits per heavy atom. The smallest absolute Gasteiger partial charge is 0.435 e. The van der Waals surface area contributed by atoms with Gasteiger partial charge < -0.3 is 14.8 Å². The number of benzene rings is 2. The van der Waals surface area contributed by atoms with Gasteiger partial charge in [0.25, 0.3) is 11.8 Å². The lowest BCUT2D eigenvalue weighted by Gasteiger charge is -2.17. The summed E-state index contributed by atoms with van der Waals surface area (Å²) in [6.45, 7) is 1.03. The maximum atomic E-state index is 15.0. The molecule has 13 heteroatoms. The Morgan fingerprint density at radius 2 is 1.89 bits per heavy atom. The average Bonchev–Trinajstić information content (AvgIpc) is 3.63. The summed E-state index contributed by atoms with van der Waals surface area (Å²) in [5, 5.41) is 9.11. The third-order valence-corrected chi connectivity index (χ3v) is 6.89. The van der Waals surface area contributed by atoms with Crippen LogP contribution in [0.4, 0.5) is 23.2 Å². The van der Waals surface area contributed by atoms with Gasteiger partial charge in [-0.2, -0.15) is 13.2 Å². The molecule has 1 unspecified atom stereocenters. The van der Waals surface area contributed by atoms with Crippen molar-refractivity contribution >= 4 is 21.3 Å². The zero-order valence-electron chi connectivity index (χ0n) is 19.9. The Hall–Kier alpha value is -3.74. The van der Waals surface area contributed by atoms with Crippen molar-refractivity contribution in [3.8, 4) is 17.4 Å². The first-order chi connectivity index (χ1) is 17.3. The van der Waals surface area contributed by atoms with Crippen molar-refractivity contribution in [2.75, 3.05) is 18.7 Å². The predicted octanol–water partition coefficient (Wildman–Crippen LogP) is 5.91. The number of ether oxygens (including phenoxy) is 2. The molecule has 1 heterocycles. The van der Waals surface area contributed by atoms with Gasteiger partial charge in [0.2, 0.25) is 0 Å². The van der Waals surface area contributed by atoms with Crippen LogP contribution in [0, 0.1) is 17.5 Å². The van der Waals surface area contributed by atoms with Crippen molar-refractivity contribution in [2.24, 2.45) is 0 Å². The minimum atomic E-state index is -4.92. The molecular weight excluding hydrogens is 516 g/mol. The zero-order valence-corrected chi connectivity index (χ0v) is 20.7. The Bertz CT molecular complexity index is 1490. The first-order valence-corrected chi connectivity index (χ1v) is 12.9. The SMILES string of the molecule is COc1c(Oc2nnc(C(F)(F)F)c(C)c2C(=O)Nc2cccc(S(C)(=N)=O)c2)ccc(C2CC2)c1F. The largest absolute Gasteiger partial charge is 0.490 e. The van der Waals surface area contributed by atoms with E-state index in [-0.39, 0.29) is 28.0 Å². The number of anilines is 1. The molecular formula is C24H22F4N4O4S. The molecule has 196 valence electrons. The normalized spacial score (nSPS) is 15.1. The van der Waals surface area contributed by atoms with Gasteiger partial charge >= 0.3 is 6.18 Å². The first kappa shape index (κ1) is 26.3. The third kappa shape index (κ3) is 5.50. The maximum absolute atomic E-state index is 15.0. The van der Waals surface area contributed by atoms with Crippen LogP contribution in [0.25, 0.3) is 0 Å². The molecule has 2 N–H and O–H groups in total. The molecule has 2 aromatic carbocycles. The number of rotatable bonds is 7. The second-order valence-electron chi connectivity index (χ2n) is 8.55. The summed E-state index contributed by atoms with van der Waals surface area (Å²) in [6, 6.07) is 8.43. The third-order valence-electron chi connectivity index (χ3n) is 5.74. The quantitative estimate of drug-likeness (QED) is 0.362. The molecule has 0 radical (unpaired) electrons. The Kier molecular flexibility index (Phi) is 6.84. The van der Waals surface area contributed by atoms with Crippen LogP contribution in [0.1, 0.15) is 45.9 Å². The molecule has 1 aliphatic rings. The Labute approximate surface area is 210 Å². The van der Waals surface area contributed by atoms with Gasteiger partial charge in [0.1, 0.15) is 5.56 Å². The van der Waals surface area contributed by atoms with Crippen LogP contribution < -0.4 is 14.8 Å². The highest BCUT2D eigenvalue weighted by Gasteiger charge is 2.38. The summed E-state index contributed by atoms with van der Waals surface area (Å²) in [4.78, 5) is 13.3. The van der Waals surface area contributed by atoms with Crippen LogP contribution in [0.2, 0.25) is 0 Å². The van der Waals surface area contributed by atoms with Crippen LogP contribution in [0.5, 0.6) is 17.4 Å². The molecule has 1 amide bonds. The van der Waals surface area contributed by atoms with Crippen molar-refractivity contribution < 1.29 is 36.0 Å². The van der Waals surface area contributed by atoms with Crippen molar-refractivity contribution in [3.63, 3.8) is 0 Å². The number of hydrogen-bond acceptors (Lipinski definition) is 7. The van der Waals surface area contributed by atoms with Gasteiger partial charge in [0.05, 0.1) is 16.8 Å². The summed E-state index contributed by atoms with van der Waals surface area (Å²) in [7, 11) is -1.91. The minimum Gasteiger partial charge on any atom is -0.490 e. The zero-order chi connectivity index (χ0) is 27.1. The van der Waals surface area contributed by atoms with Crippen LogP contribution in [-0.4, -0.2) is 33.7 Å². The molecule has 1 saturated carbocycles. The van der Waals surface area contributed by atoms with Crippen molar-refractivity contribution in [1.82, 2.24) is 10.2 Å². The number of methoxy groups -OCH3 is 1. The number of carbonyl (C=O) groups is 1. The van der Waals surface area contributed by atoms with Gasteiger partial charge in [-0.05, 0) is 61.1 Å². The van der Waals surface area contributed by atoms with Gasteiger partial charge in [-0.3, -0.25) is 4.79 Å². The van der Waals surface area contributed by atoms with Crippen molar-refractivity contribution in [2.45, 2.75) is 36.8 Å². The summed E-state index contributed by atoms with van der Waals surface area (Å²) in [6.07, 6.45) is -2.09. The van der Waals surface area contributed by atoms with Gasteiger partial charge in [-0.15, -0.1) is 10.2 Å². The molecule has 1 fully saturated rings. The molecule has 1 aromatic heterocycles. The minimum absolute atomic E-state index is 0.0506. The van der Waals surface area contributed by atoms with E-state index < -0.39 is 50.3 Å². The van der Waals surface area contributed by atoms with Crippen molar-refractivity contribution in [1.29, 1.82) is 4.78 Å². The molecule has 4 rings (SSSR count). The van der Waals surface area contributed by atoms with E-state index in [2.05, 4.69) is 15.5 Å². The summed E-state index contributed by atoms with van der Waals surface area (Å²) in [5.74, 6) is -2.73. The predicted molar refractivity (Wildman–Crippen MR) is 126 cm³/mol. The molecule has 0 saturated heterocycles. The molecule has 0 aliphatic heterocycles. The number of hydrogen-bond donors (Lipinski definition) is 2. The molecule has 0 bridgehead atoms. The average molecular weight is 539 g/mol. The number of alkyl halides is 3. The van der Waals surface area contributed by atoms with Gasteiger partial charge in [0, 0.05) is 16.8 Å². The first-order valence-electron chi connectivity index (χ1n) is 10.9. The van der Waals surface area contributed by atoms with Crippen LogP contribution in [0.15, 0.2) is 41.3 Å². The fourth-order valence-electron chi connectivity index (χ4n) is 3.76. The molecule has 1 aliphatic carbocycles.